The number of benzene rings is 2. The van der Waals surface area contributed by atoms with Crippen molar-refractivity contribution >= 4 is 5.91 Å². The minimum absolute atomic E-state index is 0.0432. The first kappa shape index (κ1) is 17.9. The first-order valence-corrected chi connectivity index (χ1v) is 8.70. The summed E-state index contributed by atoms with van der Waals surface area (Å²) in [7, 11) is 1.79. The highest BCUT2D eigenvalue weighted by Crippen LogP contribution is 2.24. The molecule has 0 N–H and O–H groups in total. The number of aromatic nitrogens is 2. The minimum Gasteiger partial charge on any atom is -0.372 e. The number of rotatable bonds is 7. The lowest BCUT2D eigenvalue weighted by Gasteiger charge is -2.17. The zero-order chi connectivity index (χ0) is 18.4. The van der Waals surface area contributed by atoms with Crippen LogP contribution >= 0.6 is 0 Å². The molecule has 0 fully saturated rings. The van der Waals surface area contributed by atoms with Gasteiger partial charge in [-0.05, 0) is 19.1 Å². The molecule has 0 aliphatic carbocycles. The Morgan fingerprint density at radius 2 is 1.73 bits per heavy atom. The van der Waals surface area contributed by atoms with Crippen LogP contribution in [0.2, 0.25) is 0 Å². The van der Waals surface area contributed by atoms with E-state index in [4.69, 9.17) is 9.84 Å². The largest absolute Gasteiger partial charge is 0.372 e. The molecule has 5 nitrogen and oxygen atoms in total. The number of hydrogen-bond acceptors (Lipinski definition) is 3. The number of ether oxygens (including phenoxy) is 1. The first-order valence-electron chi connectivity index (χ1n) is 8.70. The monoisotopic (exact) mass is 349 g/mol. The van der Waals surface area contributed by atoms with Crippen LogP contribution in [0.1, 0.15) is 12.5 Å². The zero-order valence-electron chi connectivity index (χ0n) is 15.1. The molecule has 0 bridgehead atoms. The quantitative estimate of drug-likeness (QED) is 0.655. The van der Waals surface area contributed by atoms with Crippen LogP contribution in [0.3, 0.4) is 0 Å². The van der Waals surface area contributed by atoms with Gasteiger partial charge in [-0.3, -0.25) is 4.79 Å². The van der Waals surface area contributed by atoms with Crippen LogP contribution in [-0.2, 0) is 16.1 Å². The van der Waals surface area contributed by atoms with Gasteiger partial charge in [0.05, 0.1) is 11.4 Å². The van der Waals surface area contributed by atoms with E-state index in [2.05, 4.69) is 0 Å². The highest BCUT2D eigenvalue weighted by atomic mass is 16.5. The predicted octanol–water partition coefficient (Wildman–Crippen LogP) is 3.53. The number of hydrogen-bond donors (Lipinski definition) is 0. The maximum absolute atomic E-state index is 12.2. The molecule has 0 radical (unpaired) electrons. The SMILES string of the molecule is CCOCC(=O)N(C)Cc1cn(-c2ccccc2)nc1-c1ccccc1. The van der Waals surface area contributed by atoms with Gasteiger partial charge in [-0.2, -0.15) is 5.10 Å². The lowest BCUT2D eigenvalue weighted by Crippen LogP contribution is -2.29. The average Bonchev–Trinajstić information content (AvgIpc) is 3.11. The summed E-state index contributed by atoms with van der Waals surface area (Å²) in [4.78, 5) is 13.9. The van der Waals surface area contributed by atoms with Crippen molar-refractivity contribution in [2.45, 2.75) is 13.5 Å². The highest BCUT2D eigenvalue weighted by Gasteiger charge is 2.16. The lowest BCUT2D eigenvalue weighted by molar-refractivity contribution is -0.135. The number of amides is 1. The van der Waals surface area contributed by atoms with E-state index in [-0.39, 0.29) is 12.5 Å². The molecular formula is C21H23N3O2. The third-order valence-electron chi connectivity index (χ3n) is 4.12. The summed E-state index contributed by atoms with van der Waals surface area (Å²) in [5, 5.41) is 4.77. The lowest BCUT2D eigenvalue weighted by atomic mass is 10.1. The summed E-state index contributed by atoms with van der Waals surface area (Å²) in [6, 6.07) is 20.0. The Morgan fingerprint density at radius 3 is 2.38 bits per heavy atom. The fraction of sp³-hybridized carbons (Fsp3) is 0.238. The number of para-hydroxylation sites is 1. The van der Waals surface area contributed by atoms with Gasteiger partial charge in [0.15, 0.2) is 0 Å². The van der Waals surface area contributed by atoms with Crippen LogP contribution in [0.25, 0.3) is 16.9 Å². The standard InChI is InChI=1S/C21H23N3O2/c1-3-26-16-20(25)23(2)14-18-15-24(19-12-8-5-9-13-19)22-21(18)17-10-6-4-7-11-17/h4-13,15H,3,14,16H2,1-2H3. The zero-order valence-corrected chi connectivity index (χ0v) is 15.1. The summed E-state index contributed by atoms with van der Waals surface area (Å²) in [5.41, 5.74) is 3.89. The number of carbonyl (C=O) groups excluding carboxylic acids is 1. The molecule has 0 unspecified atom stereocenters. The number of carbonyl (C=O) groups is 1. The van der Waals surface area contributed by atoms with Gasteiger partial charge in [0, 0.05) is 37.5 Å². The van der Waals surface area contributed by atoms with Crippen molar-refractivity contribution in [1.29, 1.82) is 0 Å². The molecular weight excluding hydrogens is 326 g/mol. The molecule has 0 atom stereocenters. The van der Waals surface area contributed by atoms with Crippen molar-refractivity contribution < 1.29 is 9.53 Å². The van der Waals surface area contributed by atoms with Gasteiger partial charge in [0.25, 0.3) is 0 Å². The molecule has 3 aromatic rings. The summed E-state index contributed by atoms with van der Waals surface area (Å²) < 4.78 is 7.09. The summed E-state index contributed by atoms with van der Waals surface area (Å²) in [6.45, 7) is 2.98. The Kier molecular flexibility index (Phi) is 5.81. The second-order valence-electron chi connectivity index (χ2n) is 6.04. The molecule has 134 valence electrons. The average molecular weight is 349 g/mol. The maximum Gasteiger partial charge on any atom is 0.248 e. The smallest absolute Gasteiger partial charge is 0.248 e. The second-order valence-corrected chi connectivity index (χ2v) is 6.04. The Hall–Kier alpha value is -2.92. The minimum atomic E-state index is -0.0432. The van der Waals surface area contributed by atoms with Crippen molar-refractivity contribution in [3.8, 4) is 16.9 Å². The summed E-state index contributed by atoms with van der Waals surface area (Å²) in [6.07, 6.45) is 1.99. The molecule has 0 aliphatic heterocycles. The van der Waals surface area contributed by atoms with Gasteiger partial charge in [0.1, 0.15) is 6.61 Å². The van der Waals surface area contributed by atoms with Crippen molar-refractivity contribution in [2.24, 2.45) is 0 Å². The normalized spacial score (nSPS) is 10.7. The highest BCUT2D eigenvalue weighted by molar-refractivity contribution is 5.77. The summed E-state index contributed by atoms with van der Waals surface area (Å²) >= 11 is 0. The van der Waals surface area contributed by atoms with E-state index in [0.29, 0.717) is 13.2 Å². The van der Waals surface area contributed by atoms with Gasteiger partial charge in [-0.15, -0.1) is 0 Å². The molecule has 1 heterocycles. The fourth-order valence-corrected chi connectivity index (χ4v) is 2.72. The van der Waals surface area contributed by atoms with E-state index in [1.807, 2.05) is 78.5 Å². The number of likely N-dealkylation sites (N-methyl/N-ethyl adjacent to an activating group) is 1. The van der Waals surface area contributed by atoms with Crippen LogP contribution in [0.5, 0.6) is 0 Å². The van der Waals surface area contributed by atoms with Crippen LogP contribution < -0.4 is 0 Å². The van der Waals surface area contributed by atoms with Crippen LogP contribution in [-0.4, -0.2) is 40.8 Å². The Balaban J connectivity index is 1.92. The van der Waals surface area contributed by atoms with E-state index >= 15 is 0 Å². The van der Waals surface area contributed by atoms with Crippen LogP contribution in [0, 0.1) is 0 Å². The van der Waals surface area contributed by atoms with Crippen molar-refractivity contribution in [3.05, 3.63) is 72.4 Å². The predicted molar refractivity (Wildman–Crippen MR) is 102 cm³/mol. The third-order valence-corrected chi connectivity index (χ3v) is 4.12. The molecule has 5 heteroatoms. The third kappa shape index (κ3) is 4.18. The van der Waals surface area contributed by atoms with Crippen molar-refractivity contribution in [2.75, 3.05) is 20.3 Å². The van der Waals surface area contributed by atoms with Gasteiger partial charge in [-0.1, -0.05) is 48.5 Å². The molecule has 0 saturated carbocycles. The molecule has 0 spiro atoms. The Labute approximate surface area is 153 Å². The van der Waals surface area contributed by atoms with E-state index in [1.165, 1.54) is 0 Å². The molecule has 26 heavy (non-hydrogen) atoms. The van der Waals surface area contributed by atoms with Crippen molar-refractivity contribution in [1.82, 2.24) is 14.7 Å². The van der Waals surface area contributed by atoms with Crippen LogP contribution in [0.4, 0.5) is 0 Å². The topological polar surface area (TPSA) is 47.4 Å². The van der Waals surface area contributed by atoms with Gasteiger partial charge < -0.3 is 9.64 Å². The second kappa shape index (κ2) is 8.45. The number of nitrogens with zero attached hydrogens (tertiary/aromatic N) is 3. The van der Waals surface area contributed by atoms with Gasteiger partial charge >= 0.3 is 0 Å². The van der Waals surface area contributed by atoms with Crippen molar-refractivity contribution in [3.63, 3.8) is 0 Å². The molecule has 0 aliphatic rings. The molecule has 0 saturated heterocycles. The maximum atomic E-state index is 12.2. The van der Waals surface area contributed by atoms with Gasteiger partial charge in [0.2, 0.25) is 5.91 Å². The van der Waals surface area contributed by atoms with Crippen LogP contribution in [0.15, 0.2) is 66.9 Å². The summed E-state index contributed by atoms with van der Waals surface area (Å²) in [5.74, 6) is -0.0432. The Bertz CT molecular complexity index is 844. The van der Waals surface area contributed by atoms with E-state index in [1.54, 1.807) is 11.9 Å². The molecule has 1 aromatic heterocycles. The molecule has 2 aromatic carbocycles. The van der Waals surface area contributed by atoms with E-state index in [9.17, 15) is 4.79 Å². The van der Waals surface area contributed by atoms with Gasteiger partial charge in [-0.25, -0.2) is 4.68 Å². The molecule has 3 rings (SSSR count). The Morgan fingerprint density at radius 1 is 1.08 bits per heavy atom. The first-order chi connectivity index (χ1) is 12.7. The molecule has 1 amide bonds. The van der Waals surface area contributed by atoms with E-state index < -0.39 is 0 Å². The van der Waals surface area contributed by atoms with E-state index in [0.717, 1.165) is 22.5 Å². The fourth-order valence-electron chi connectivity index (χ4n) is 2.72.